The second kappa shape index (κ2) is 7.91. The third-order valence-corrected chi connectivity index (χ3v) is 4.99. The summed E-state index contributed by atoms with van der Waals surface area (Å²) in [4.78, 5) is 14.4. The fraction of sp³-hybridized carbons (Fsp3) is 0.316. The van der Waals surface area contributed by atoms with Gasteiger partial charge in [-0.3, -0.25) is 4.79 Å². The lowest BCUT2D eigenvalue weighted by Crippen LogP contribution is -2.35. The summed E-state index contributed by atoms with van der Waals surface area (Å²) in [6.07, 6.45) is 3.44. The Morgan fingerprint density at radius 2 is 1.67 bits per heavy atom. The molecule has 3 rings (SSSR count). The van der Waals surface area contributed by atoms with Crippen molar-refractivity contribution in [3.05, 3.63) is 63.6 Å². The highest BCUT2D eigenvalue weighted by Gasteiger charge is 2.17. The number of hydrogen-bond acceptors (Lipinski definition) is 2. The lowest BCUT2D eigenvalue weighted by Gasteiger charge is -2.26. The molecular formula is C19H20Cl2N2O. The maximum Gasteiger partial charge on any atom is 0.253 e. The van der Waals surface area contributed by atoms with Crippen molar-refractivity contribution in [1.29, 1.82) is 0 Å². The number of nitrogens with zero attached hydrogens (tertiary/aromatic N) is 1. The van der Waals surface area contributed by atoms with Crippen LogP contribution in [0.1, 0.15) is 35.2 Å². The fourth-order valence-corrected chi connectivity index (χ4v) is 3.18. The lowest BCUT2D eigenvalue weighted by molar-refractivity contribution is 0.0724. The van der Waals surface area contributed by atoms with Gasteiger partial charge < -0.3 is 10.2 Å². The van der Waals surface area contributed by atoms with Crippen molar-refractivity contribution in [1.82, 2.24) is 4.90 Å². The number of nitrogens with one attached hydrogen (secondary N) is 1. The van der Waals surface area contributed by atoms with Crippen molar-refractivity contribution >= 4 is 34.8 Å². The first-order valence-corrected chi connectivity index (χ1v) is 8.96. The first-order valence-electron chi connectivity index (χ1n) is 8.20. The monoisotopic (exact) mass is 362 g/mol. The fourth-order valence-electron chi connectivity index (χ4n) is 2.86. The van der Waals surface area contributed by atoms with Crippen LogP contribution in [0, 0.1) is 0 Å². The van der Waals surface area contributed by atoms with E-state index in [1.807, 2.05) is 41.3 Å². The average Bonchev–Trinajstić information content (AvgIpc) is 2.63. The Bertz CT molecular complexity index is 710. The van der Waals surface area contributed by atoms with Crippen LogP contribution in [0.3, 0.4) is 0 Å². The number of benzene rings is 2. The molecule has 1 heterocycles. The molecule has 0 spiro atoms. The molecule has 1 saturated heterocycles. The highest BCUT2D eigenvalue weighted by Crippen LogP contribution is 2.23. The third kappa shape index (κ3) is 4.22. The van der Waals surface area contributed by atoms with E-state index in [9.17, 15) is 4.79 Å². The van der Waals surface area contributed by atoms with Gasteiger partial charge in [-0.15, -0.1) is 0 Å². The number of amides is 1. The SMILES string of the molecule is O=C(c1ccc(NCc2ccc(Cl)c(Cl)c2)cc1)N1CCCCC1. The van der Waals surface area contributed by atoms with Crippen molar-refractivity contribution < 1.29 is 4.79 Å². The Morgan fingerprint density at radius 1 is 0.958 bits per heavy atom. The van der Waals surface area contributed by atoms with Crippen LogP contribution in [-0.2, 0) is 6.54 Å². The standard InChI is InChI=1S/C19H20Cl2N2O/c20-17-9-4-14(12-18(17)21)13-22-16-7-5-15(6-8-16)19(24)23-10-2-1-3-11-23/h4-9,12,22H,1-3,10-11,13H2. The van der Waals surface area contributed by atoms with Crippen molar-refractivity contribution in [2.45, 2.75) is 25.8 Å². The molecule has 24 heavy (non-hydrogen) atoms. The molecule has 2 aromatic carbocycles. The van der Waals surface area contributed by atoms with E-state index in [4.69, 9.17) is 23.2 Å². The van der Waals surface area contributed by atoms with E-state index in [1.165, 1.54) is 6.42 Å². The van der Waals surface area contributed by atoms with Crippen molar-refractivity contribution in [2.24, 2.45) is 0 Å². The summed E-state index contributed by atoms with van der Waals surface area (Å²) in [6.45, 7) is 2.39. The van der Waals surface area contributed by atoms with Gasteiger partial charge in [-0.25, -0.2) is 0 Å². The van der Waals surface area contributed by atoms with Crippen LogP contribution in [0.2, 0.25) is 10.0 Å². The van der Waals surface area contributed by atoms with Crippen molar-refractivity contribution in [3.8, 4) is 0 Å². The number of rotatable bonds is 4. The molecule has 1 fully saturated rings. The first kappa shape index (κ1) is 17.1. The smallest absolute Gasteiger partial charge is 0.253 e. The molecule has 1 amide bonds. The number of halogens is 2. The maximum atomic E-state index is 12.4. The Kier molecular flexibility index (Phi) is 5.64. The molecule has 0 radical (unpaired) electrons. The summed E-state index contributed by atoms with van der Waals surface area (Å²) >= 11 is 11.9. The quantitative estimate of drug-likeness (QED) is 0.807. The van der Waals surface area contributed by atoms with Gasteiger partial charge in [-0.1, -0.05) is 29.3 Å². The minimum atomic E-state index is 0.130. The molecule has 1 N–H and O–H groups in total. The van der Waals surface area contributed by atoms with Gasteiger partial charge in [0, 0.05) is 30.9 Å². The molecule has 5 heteroatoms. The van der Waals surface area contributed by atoms with E-state index in [0.717, 1.165) is 42.7 Å². The van der Waals surface area contributed by atoms with E-state index in [0.29, 0.717) is 16.6 Å². The second-order valence-corrected chi connectivity index (χ2v) is 6.85. The molecule has 1 aliphatic heterocycles. The summed E-state index contributed by atoms with van der Waals surface area (Å²) in [7, 11) is 0. The molecule has 126 valence electrons. The van der Waals surface area contributed by atoms with Gasteiger partial charge in [0.2, 0.25) is 0 Å². The van der Waals surface area contributed by atoms with E-state index in [1.54, 1.807) is 6.07 Å². The molecule has 1 aliphatic rings. The van der Waals surface area contributed by atoms with Gasteiger partial charge >= 0.3 is 0 Å². The number of carbonyl (C=O) groups is 1. The Balaban J connectivity index is 1.59. The van der Waals surface area contributed by atoms with Gasteiger partial charge in [-0.05, 0) is 61.2 Å². The van der Waals surface area contributed by atoms with Crippen LogP contribution in [0.15, 0.2) is 42.5 Å². The van der Waals surface area contributed by atoms with Gasteiger partial charge in [-0.2, -0.15) is 0 Å². The summed E-state index contributed by atoms with van der Waals surface area (Å²) in [6, 6.07) is 13.2. The maximum absolute atomic E-state index is 12.4. The summed E-state index contributed by atoms with van der Waals surface area (Å²) in [5, 5.41) is 4.44. The minimum absolute atomic E-state index is 0.130. The zero-order valence-corrected chi connectivity index (χ0v) is 14.9. The molecule has 0 aromatic heterocycles. The minimum Gasteiger partial charge on any atom is -0.381 e. The summed E-state index contributed by atoms with van der Waals surface area (Å²) < 4.78 is 0. The van der Waals surface area contributed by atoms with Crippen LogP contribution in [0.4, 0.5) is 5.69 Å². The number of anilines is 1. The van der Waals surface area contributed by atoms with Crippen LogP contribution >= 0.6 is 23.2 Å². The van der Waals surface area contributed by atoms with E-state index < -0.39 is 0 Å². The number of piperidine rings is 1. The summed E-state index contributed by atoms with van der Waals surface area (Å²) in [5.74, 6) is 0.130. The Labute approximate surface area is 152 Å². The zero-order valence-electron chi connectivity index (χ0n) is 13.4. The normalized spacial score (nSPS) is 14.5. The molecule has 0 atom stereocenters. The molecule has 0 saturated carbocycles. The highest BCUT2D eigenvalue weighted by molar-refractivity contribution is 6.42. The lowest BCUT2D eigenvalue weighted by atomic mass is 10.1. The van der Waals surface area contributed by atoms with Crippen molar-refractivity contribution in [2.75, 3.05) is 18.4 Å². The molecule has 0 aliphatic carbocycles. The predicted octanol–water partition coefficient (Wildman–Crippen LogP) is 5.23. The van der Waals surface area contributed by atoms with E-state index in [2.05, 4.69) is 5.32 Å². The van der Waals surface area contributed by atoms with Gasteiger partial charge in [0.25, 0.3) is 5.91 Å². The van der Waals surface area contributed by atoms with Gasteiger partial charge in [0.1, 0.15) is 0 Å². The third-order valence-electron chi connectivity index (χ3n) is 4.26. The Morgan fingerprint density at radius 3 is 2.33 bits per heavy atom. The second-order valence-electron chi connectivity index (χ2n) is 6.03. The van der Waals surface area contributed by atoms with Gasteiger partial charge in [0.05, 0.1) is 10.0 Å². The number of carbonyl (C=O) groups excluding carboxylic acids is 1. The largest absolute Gasteiger partial charge is 0.381 e. The molecule has 0 unspecified atom stereocenters. The van der Waals surface area contributed by atoms with E-state index in [-0.39, 0.29) is 5.91 Å². The predicted molar refractivity (Wildman–Crippen MR) is 100.0 cm³/mol. The van der Waals surface area contributed by atoms with E-state index >= 15 is 0 Å². The van der Waals surface area contributed by atoms with Crippen LogP contribution in [0.25, 0.3) is 0 Å². The highest BCUT2D eigenvalue weighted by atomic mass is 35.5. The van der Waals surface area contributed by atoms with Crippen LogP contribution in [-0.4, -0.2) is 23.9 Å². The first-order chi connectivity index (χ1) is 11.6. The van der Waals surface area contributed by atoms with Gasteiger partial charge in [0.15, 0.2) is 0 Å². The molecule has 2 aromatic rings. The van der Waals surface area contributed by atoms with Crippen LogP contribution in [0.5, 0.6) is 0 Å². The van der Waals surface area contributed by atoms with Crippen molar-refractivity contribution in [3.63, 3.8) is 0 Å². The number of likely N-dealkylation sites (tertiary alicyclic amines) is 1. The summed E-state index contributed by atoms with van der Waals surface area (Å²) in [5.41, 5.74) is 2.77. The van der Waals surface area contributed by atoms with Crippen LogP contribution < -0.4 is 5.32 Å². The molecular weight excluding hydrogens is 343 g/mol. The Hall–Kier alpha value is -1.71. The zero-order chi connectivity index (χ0) is 16.9. The average molecular weight is 363 g/mol. The topological polar surface area (TPSA) is 32.3 Å². The number of hydrogen-bond donors (Lipinski definition) is 1. The molecule has 0 bridgehead atoms. The molecule has 3 nitrogen and oxygen atoms in total.